The molecule has 28 heavy (non-hydrogen) atoms. The van der Waals surface area contributed by atoms with Crippen LogP contribution >= 0.6 is 34.0 Å². The third-order valence-electron chi connectivity index (χ3n) is 4.01. The fourth-order valence-electron chi connectivity index (χ4n) is 2.90. The quantitative estimate of drug-likeness (QED) is 0.572. The van der Waals surface area contributed by atoms with E-state index in [0.29, 0.717) is 26.4 Å². The van der Waals surface area contributed by atoms with Crippen LogP contribution in [0.4, 0.5) is 0 Å². The normalized spacial score (nSPS) is 14.4. The summed E-state index contributed by atoms with van der Waals surface area (Å²) in [5.74, 6) is 3.18. The number of hydrogen-bond donors (Lipinski definition) is 1. The summed E-state index contributed by atoms with van der Waals surface area (Å²) in [5.41, 5.74) is 0.887. The maximum atomic E-state index is 9.86. The minimum Gasteiger partial charge on any atom is -0.485 e. The molecular formula is C20H22O5S3. The number of hydrogen-bond acceptors (Lipinski definition) is 8. The number of fused-ring (bicyclic) bond motifs is 2. The number of rotatable bonds is 3. The van der Waals surface area contributed by atoms with Crippen LogP contribution in [0, 0.1) is 0 Å². The molecule has 2 aliphatic rings. The van der Waals surface area contributed by atoms with Crippen molar-refractivity contribution in [2.24, 2.45) is 0 Å². The van der Waals surface area contributed by atoms with Crippen LogP contribution < -0.4 is 18.9 Å². The summed E-state index contributed by atoms with van der Waals surface area (Å²) in [6.45, 7) is 6.49. The van der Waals surface area contributed by atoms with Crippen LogP contribution in [0.15, 0.2) is 16.8 Å². The average Bonchev–Trinajstić information content (AvgIpc) is 3.44. The first-order chi connectivity index (χ1) is 13.8. The van der Waals surface area contributed by atoms with Crippen molar-refractivity contribution < 1.29 is 24.1 Å². The fourth-order valence-corrected chi connectivity index (χ4v) is 6.23. The third-order valence-corrected chi connectivity index (χ3v) is 7.41. The minimum atomic E-state index is -0.0235. The Bertz CT molecular complexity index is 940. The second-order valence-electron chi connectivity index (χ2n) is 6.24. The van der Waals surface area contributed by atoms with Crippen molar-refractivity contribution in [3.63, 3.8) is 0 Å². The lowest BCUT2D eigenvalue weighted by Gasteiger charge is -2.16. The van der Waals surface area contributed by atoms with Gasteiger partial charge in [-0.2, -0.15) is 0 Å². The van der Waals surface area contributed by atoms with Crippen LogP contribution in [0.2, 0.25) is 0 Å². The van der Waals surface area contributed by atoms with E-state index < -0.39 is 0 Å². The Balaban J connectivity index is 0.000000604. The minimum absolute atomic E-state index is 0.0235. The van der Waals surface area contributed by atoms with Gasteiger partial charge < -0.3 is 24.1 Å². The molecule has 0 saturated carbocycles. The highest BCUT2D eigenvalue weighted by molar-refractivity contribution is 7.26. The van der Waals surface area contributed by atoms with E-state index in [1.165, 1.54) is 6.42 Å². The lowest BCUT2D eigenvalue weighted by molar-refractivity contribution is 0.174. The van der Waals surface area contributed by atoms with Crippen molar-refractivity contribution in [2.75, 3.05) is 26.4 Å². The molecular weight excluding hydrogens is 416 g/mol. The fraction of sp³-hybridized carbons (Fsp3) is 0.400. The topological polar surface area (TPSA) is 57.2 Å². The molecule has 0 saturated heterocycles. The van der Waals surface area contributed by atoms with Crippen LogP contribution in [-0.4, -0.2) is 31.5 Å². The number of aliphatic hydroxyl groups is 1. The third kappa shape index (κ3) is 3.61. The zero-order valence-corrected chi connectivity index (χ0v) is 18.2. The molecule has 8 heteroatoms. The van der Waals surface area contributed by atoms with E-state index >= 15 is 0 Å². The molecule has 0 unspecified atom stereocenters. The van der Waals surface area contributed by atoms with Gasteiger partial charge in [0.2, 0.25) is 0 Å². The SMILES string of the molecule is CCC.OCc1cc(-c2scc3c2OCCO3)sc1-c1scc2c1OCCO2. The molecule has 3 aromatic rings. The number of aliphatic hydroxyl groups excluding tert-OH is 1. The van der Waals surface area contributed by atoms with Crippen molar-refractivity contribution in [3.8, 4) is 42.5 Å². The van der Waals surface area contributed by atoms with Crippen LogP contribution in [0.3, 0.4) is 0 Å². The summed E-state index contributed by atoms with van der Waals surface area (Å²) in [7, 11) is 0. The van der Waals surface area contributed by atoms with Gasteiger partial charge in [0.1, 0.15) is 26.4 Å². The Kier molecular flexibility index (Phi) is 6.10. The van der Waals surface area contributed by atoms with E-state index in [0.717, 1.165) is 48.1 Å². The van der Waals surface area contributed by atoms with Crippen molar-refractivity contribution in [1.82, 2.24) is 0 Å². The van der Waals surface area contributed by atoms with E-state index in [1.807, 2.05) is 16.8 Å². The van der Waals surface area contributed by atoms with Crippen LogP contribution in [0.5, 0.6) is 23.0 Å². The van der Waals surface area contributed by atoms with Gasteiger partial charge in [0.25, 0.3) is 0 Å². The van der Waals surface area contributed by atoms with Crippen molar-refractivity contribution in [1.29, 1.82) is 0 Å². The Morgan fingerprint density at radius 2 is 1.36 bits per heavy atom. The average molecular weight is 439 g/mol. The van der Waals surface area contributed by atoms with E-state index in [2.05, 4.69) is 13.8 Å². The molecule has 1 N–H and O–H groups in total. The van der Waals surface area contributed by atoms with Crippen molar-refractivity contribution in [3.05, 3.63) is 22.4 Å². The van der Waals surface area contributed by atoms with Gasteiger partial charge in [-0.25, -0.2) is 0 Å². The zero-order valence-electron chi connectivity index (χ0n) is 15.8. The molecule has 0 spiro atoms. The maximum absolute atomic E-state index is 9.86. The van der Waals surface area contributed by atoms with Gasteiger partial charge in [0.05, 0.1) is 21.2 Å². The van der Waals surface area contributed by atoms with Crippen molar-refractivity contribution >= 4 is 34.0 Å². The van der Waals surface area contributed by atoms with Gasteiger partial charge >= 0.3 is 0 Å². The molecule has 5 nitrogen and oxygen atoms in total. The number of ether oxygens (including phenoxy) is 4. The van der Waals surface area contributed by atoms with Gasteiger partial charge in [0, 0.05) is 15.6 Å². The van der Waals surface area contributed by atoms with Gasteiger partial charge in [-0.3, -0.25) is 0 Å². The van der Waals surface area contributed by atoms with Crippen molar-refractivity contribution in [2.45, 2.75) is 26.9 Å². The Hall–Kier alpha value is -1.74. The molecule has 0 radical (unpaired) electrons. The lowest BCUT2D eigenvalue weighted by Crippen LogP contribution is -2.14. The molecule has 0 amide bonds. The monoisotopic (exact) mass is 438 g/mol. The first-order valence-corrected chi connectivity index (χ1v) is 11.8. The molecule has 0 atom stereocenters. The van der Waals surface area contributed by atoms with Gasteiger partial charge in [-0.15, -0.1) is 34.0 Å². The Labute approximate surface area is 176 Å². The molecule has 2 aliphatic heterocycles. The summed E-state index contributed by atoms with van der Waals surface area (Å²) in [4.78, 5) is 4.14. The lowest BCUT2D eigenvalue weighted by atomic mass is 10.2. The van der Waals surface area contributed by atoms with Crippen LogP contribution in [-0.2, 0) is 6.61 Å². The predicted octanol–water partition coefficient (Wildman–Crippen LogP) is 5.66. The molecule has 3 aromatic heterocycles. The molecule has 5 heterocycles. The van der Waals surface area contributed by atoms with E-state index in [-0.39, 0.29) is 6.61 Å². The standard InChI is InChI=1S/C17H14O5S3.C3H8/c18-6-9-5-12(16-13-10(7-23-16)19-1-3-21-13)25-15(9)17-14-11(8-24-17)20-2-4-22-14;1-3-2/h5,7-8,18H,1-4,6H2;3H2,1-2H3. The maximum Gasteiger partial charge on any atom is 0.180 e. The highest BCUT2D eigenvalue weighted by Gasteiger charge is 2.26. The molecule has 5 rings (SSSR count). The van der Waals surface area contributed by atoms with E-state index in [4.69, 9.17) is 18.9 Å². The Morgan fingerprint density at radius 1 is 0.821 bits per heavy atom. The van der Waals surface area contributed by atoms with Gasteiger partial charge in [-0.1, -0.05) is 20.3 Å². The van der Waals surface area contributed by atoms with Crippen LogP contribution in [0.25, 0.3) is 19.5 Å². The zero-order chi connectivity index (χ0) is 19.5. The summed E-state index contributed by atoms with van der Waals surface area (Å²) >= 11 is 4.82. The predicted molar refractivity (Wildman–Crippen MR) is 115 cm³/mol. The van der Waals surface area contributed by atoms with E-state index in [9.17, 15) is 5.11 Å². The molecule has 0 aromatic carbocycles. The molecule has 0 bridgehead atoms. The summed E-state index contributed by atoms with van der Waals surface area (Å²) in [6.07, 6.45) is 1.25. The smallest absolute Gasteiger partial charge is 0.180 e. The molecule has 150 valence electrons. The largest absolute Gasteiger partial charge is 0.485 e. The second kappa shape index (κ2) is 8.73. The second-order valence-corrected chi connectivity index (χ2v) is 9.05. The highest BCUT2D eigenvalue weighted by atomic mass is 32.1. The first-order valence-electron chi connectivity index (χ1n) is 9.25. The van der Waals surface area contributed by atoms with Crippen LogP contribution in [0.1, 0.15) is 25.8 Å². The summed E-state index contributed by atoms with van der Waals surface area (Å²) in [5, 5.41) is 13.8. The first kappa shape index (κ1) is 19.6. The summed E-state index contributed by atoms with van der Waals surface area (Å²) < 4.78 is 22.9. The summed E-state index contributed by atoms with van der Waals surface area (Å²) in [6, 6.07) is 2.03. The molecule has 0 aliphatic carbocycles. The van der Waals surface area contributed by atoms with E-state index in [1.54, 1.807) is 34.0 Å². The number of thiophene rings is 3. The Morgan fingerprint density at radius 3 is 1.96 bits per heavy atom. The van der Waals surface area contributed by atoms with Gasteiger partial charge in [0.15, 0.2) is 23.0 Å². The highest BCUT2D eigenvalue weighted by Crippen LogP contribution is 2.53. The molecule has 0 fully saturated rings. The van der Waals surface area contributed by atoms with Gasteiger partial charge in [-0.05, 0) is 11.6 Å².